The number of rotatable bonds is 8. The van der Waals surface area contributed by atoms with Crippen molar-refractivity contribution in [2.24, 2.45) is 5.92 Å². The van der Waals surface area contributed by atoms with Crippen LogP contribution in [0.25, 0.3) is 0 Å². The summed E-state index contributed by atoms with van der Waals surface area (Å²) in [7, 11) is 0. The molecule has 1 saturated carbocycles. The predicted molar refractivity (Wildman–Crippen MR) is 65.5 cm³/mol. The second kappa shape index (κ2) is 7.98. The number of alkyl halides is 2. The molecule has 0 aromatic heterocycles. The van der Waals surface area contributed by atoms with Gasteiger partial charge in [-0.3, -0.25) is 0 Å². The summed E-state index contributed by atoms with van der Waals surface area (Å²) in [5, 5.41) is 3.21. The topological polar surface area (TPSA) is 21.3 Å². The largest absolute Gasteiger partial charge is 0.380 e. The highest BCUT2D eigenvalue weighted by Gasteiger charge is 2.35. The normalized spacial score (nSPS) is 23.8. The summed E-state index contributed by atoms with van der Waals surface area (Å²) in [5.41, 5.74) is 0. The molecule has 0 aromatic rings. The molecule has 1 fully saturated rings. The SMILES string of the molecule is CCCCOCCNCC1CCCC(F)(F)C1. The fourth-order valence-electron chi connectivity index (χ4n) is 2.25. The number of hydrogen-bond acceptors (Lipinski definition) is 2. The first kappa shape index (κ1) is 14.8. The van der Waals surface area contributed by atoms with Crippen molar-refractivity contribution in [1.82, 2.24) is 5.32 Å². The summed E-state index contributed by atoms with van der Waals surface area (Å²) < 4.78 is 31.6. The van der Waals surface area contributed by atoms with Gasteiger partial charge in [0.1, 0.15) is 0 Å². The fraction of sp³-hybridized carbons (Fsp3) is 1.00. The molecule has 1 N–H and O–H groups in total. The van der Waals surface area contributed by atoms with Crippen LogP contribution in [0.3, 0.4) is 0 Å². The third-order valence-corrected chi connectivity index (χ3v) is 3.24. The molecule has 17 heavy (non-hydrogen) atoms. The molecular formula is C13H25F2NO. The van der Waals surface area contributed by atoms with Crippen LogP contribution < -0.4 is 5.32 Å². The average Bonchev–Trinajstić information content (AvgIpc) is 2.27. The molecule has 0 saturated heterocycles. The van der Waals surface area contributed by atoms with Gasteiger partial charge >= 0.3 is 0 Å². The van der Waals surface area contributed by atoms with E-state index in [4.69, 9.17) is 4.74 Å². The van der Waals surface area contributed by atoms with Crippen molar-refractivity contribution < 1.29 is 13.5 Å². The zero-order valence-corrected chi connectivity index (χ0v) is 10.8. The van der Waals surface area contributed by atoms with E-state index in [9.17, 15) is 8.78 Å². The van der Waals surface area contributed by atoms with Crippen molar-refractivity contribution in [2.45, 2.75) is 51.4 Å². The molecule has 2 nitrogen and oxygen atoms in total. The number of unbranched alkanes of at least 4 members (excludes halogenated alkanes) is 1. The van der Waals surface area contributed by atoms with Gasteiger partial charge in [0.15, 0.2) is 0 Å². The Hall–Kier alpha value is -0.220. The molecule has 0 heterocycles. The molecule has 1 aliphatic carbocycles. The van der Waals surface area contributed by atoms with Crippen LogP contribution in [0.5, 0.6) is 0 Å². The summed E-state index contributed by atoms with van der Waals surface area (Å²) >= 11 is 0. The highest BCUT2D eigenvalue weighted by atomic mass is 19.3. The fourth-order valence-corrected chi connectivity index (χ4v) is 2.25. The van der Waals surface area contributed by atoms with Gasteiger partial charge in [-0.05, 0) is 31.7 Å². The van der Waals surface area contributed by atoms with Crippen LogP contribution >= 0.6 is 0 Å². The van der Waals surface area contributed by atoms with E-state index in [0.717, 1.165) is 32.4 Å². The van der Waals surface area contributed by atoms with E-state index < -0.39 is 5.92 Å². The Morgan fingerprint density at radius 3 is 2.88 bits per heavy atom. The van der Waals surface area contributed by atoms with Crippen molar-refractivity contribution >= 4 is 0 Å². The maximum atomic E-state index is 13.1. The highest BCUT2D eigenvalue weighted by molar-refractivity contribution is 4.79. The van der Waals surface area contributed by atoms with Gasteiger partial charge < -0.3 is 10.1 Å². The van der Waals surface area contributed by atoms with Crippen molar-refractivity contribution in [1.29, 1.82) is 0 Å². The molecule has 102 valence electrons. The quantitative estimate of drug-likeness (QED) is 0.667. The van der Waals surface area contributed by atoms with Crippen LogP contribution in [-0.4, -0.2) is 32.2 Å². The van der Waals surface area contributed by atoms with Crippen LogP contribution in [0, 0.1) is 5.92 Å². The van der Waals surface area contributed by atoms with Gasteiger partial charge in [-0.15, -0.1) is 0 Å². The van der Waals surface area contributed by atoms with Crippen LogP contribution in [0.1, 0.15) is 45.4 Å². The van der Waals surface area contributed by atoms with Crippen molar-refractivity contribution in [3.8, 4) is 0 Å². The Morgan fingerprint density at radius 2 is 2.18 bits per heavy atom. The number of halogens is 2. The third-order valence-electron chi connectivity index (χ3n) is 3.24. The van der Waals surface area contributed by atoms with Gasteiger partial charge in [0.25, 0.3) is 0 Å². The molecule has 1 atom stereocenters. The molecule has 0 spiro atoms. The standard InChI is InChI=1S/C13H25F2NO/c1-2-3-8-17-9-7-16-11-12-5-4-6-13(14,15)10-12/h12,16H,2-11H2,1H3. The van der Waals surface area contributed by atoms with E-state index in [-0.39, 0.29) is 18.8 Å². The van der Waals surface area contributed by atoms with Crippen molar-refractivity contribution in [3.05, 3.63) is 0 Å². The molecular weight excluding hydrogens is 224 g/mol. The lowest BCUT2D eigenvalue weighted by molar-refractivity contribution is -0.0521. The predicted octanol–water partition coefficient (Wildman–Crippen LogP) is 3.22. The van der Waals surface area contributed by atoms with Crippen molar-refractivity contribution in [2.75, 3.05) is 26.3 Å². The van der Waals surface area contributed by atoms with Gasteiger partial charge in [0.2, 0.25) is 5.92 Å². The number of nitrogens with one attached hydrogen (secondary N) is 1. The summed E-state index contributed by atoms with van der Waals surface area (Å²) in [6.45, 7) is 5.09. The molecule has 1 unspecified atom stereocenters. The summed E-state index contributed by atoms with van der Waals surface area (Å²) in [4.78, 5) is 0. The Bertz CT molecular complexity index is 200. The molecule has 0 aromatic carbocycles. The smallest absolute Gasteiger partial charge is 0.248 e. The van der Waals surface area contributed by atoms with E-state index in [2.05, 4.69) is 12.2 Å². The minimum absolute atomic E-state index is 0.0523. The Labute approximate surface area is 103 Å². The van der Waals surface area contributed by atoms with Gasteiger partial charge in [-0.25, -0.2) is 8.78 Å². The summed E-state index contributed by atoms with van der Waals surface area (Å²) in [6, 6.07) is 0. The zero-order valence-electron chi connectivity index (χ0n) is 10.8. The summed E-state index contributed by atoms with van der Waals surface area (Å²) in [5.74, 6) is -2.29. The molecule has 1 rings (SSSR count). The maximum Gasteiger partial charge on any atom is 0.248 e. The maximum absolute atomic E-state index is 13.1. The number of hydrogen-bond donors (Lipinski definition) is 1. The Morgan fingerprint density at radius 1 is 1.35 bits per heavy atom. The van der Waals surface area contributed by atoms with Crippen LogP contribution in [0.4, 0.5) is 8.78 Å². The zero-order chi connectivity index (χ0) is 12.6. The van der Waals surface area contributed by atoms with Gasteiger partial charge in [0, 0.05) is 26.0 Å². The Balaban J connectivity index is 1.95. The van der Waals surface area contributed by atoms with E-state index in [1.54, 1.807) is 0 Å². The second-order valence-electron chi connectivity index (χ2n) is 4.99. The minimum atomic E-state index is -2.43. The Kier molecular flexibility index (Phi) is 6.97. The van der Waals surface area contributed by atoms with Gasteiger partial charge in [-0.1, -0.05) is 13.3 Å². The van der Waals surface area contributed by atoms with Gasteiger partial charge in [-0.2, -0.15) is 0 Å². The van der Waals surface area contributed by atoms with Crippen LogP contribution in [-0.2, 0) is 4.74 Å². The molecule has 4 heteroatoms. The number of ether oxygens (including phenoxy) is 1. The van der Waals surface area contributed by atoms with E-state index in [1.807, 2.05) is 0 Å². The van der Waals surface area contributed by atoms with E-state index >= 15 is 0 Å². The third kappa shape index (κ3) is 6.94. The lowest BCUT2D eigenvalue weighted by atomic mass is 9.86. The molecule has 0 amide bonds. The molecule has 1 aliphatic rings. The van der Waals surface area contributed by atoms with Crippen LogP contribution in [0.2, 0.25) is 0 Å². The first-order valence-electron chi connectivity index (χ1n) is 6.80. The summed E-state index contributed by atoms with van der Waals surface area (Å²) in [6.07, 6.45) is 3.95. The average molecular weight is 249 g/mol. The molecule has 0 aliphatic heterocycles. The van der Waals surface area contributed by atoms with Gasteiger partial charge in [0.05, 0.1) is 6.61 Å². The van der Waals surface area contributed by atoms with Crippen LogP contribution in [0.15, 0.2) is 0 Å². The first-order valence-corrected chi connectivity index (χ1v) is 6.80. The second-order valence-corrected chi connectivity index (χ2v) is 4.99. The minimum Gasteiger partial charge on any atom is -0.380 e. The lowest BCUT2D eigenvalue weighted by Crippen LogP contribution is -2.33. The highest BCUT2D eigenvalue weighted by Crippen LogP contribution is 2.36. The monoisotopic (exact) mass is 249 g/mol. The molecule has 0 radical (unpaired) electrons. The lowest BCUT2D eigenvalue weighted by Gasteiger charge is -2.28. The first-order chi connectivity index (χ1) is 8.14. The molecule has 0 bridgehead atoms. The van der Waals surface area contributed by atoms with E-state index in [0.29, 0.717) is 19.6 Å². The van der Waals surface area contributed by atoms with E-state index in [1.165, 1.54) is 0 Å². The van der Waals surface area contributed by atoms with Crippen molar-refractivity contribution in [3.63, 3.8) is 0 Å².